The average Bonchev–Trinajstić information content (AvgIpc) is 2.35. The molecule has 0 aliphatic heterocycles. The summed E-state index contributed by atoms with van der Waals surface area (Å²) in [6, 6.07) is 0.716. The molecule has 0 heterocycles. The van der Waals surface area contributed by atoms with Crippen molar-refractivity contribution in [2.75, 3.05) is 13.2 Å². The smallest absolute Gasteiger partial charge is 0.0598 e. The molecule has 1 fully saturated rings. The van der Waals surface area contributed by atoms with Crippen LogP contribution in [0.15, 0.2) is 0 Å². The fourth-order valence-electron chi connectivity index (χ4n) is 3.34. The molecule has 0 aromatic heterocycles. The molecule has 3 unspecified atom stereocenters. The minimum Gasteiger partial charge on any atom is -0.376 e. The van der Waals surface area contributed by atoms with E-state index in [0.717, 1.165) is 30.9 Å². The first kappa shape index (κ1) is 18.0. The second-order valence-corrected chi connectivity index (χ2v) is 7.89. The van der Waals surface area contributed by atoms with Crippen molar-refractivity contribution >= 4 is 0 Å². The van der Waals surface area contributed by atoms with E-state index in [0.29, 0.717) is 6.04 Å². The lowest BCUT2D eigenvalue weighted by Crippen LogP contribution is -2.42. The van der Waals surface area contributed by atoms with Gasteiger partial charge >= 0.3 is 0 Å². The standard InChI is InChI=1S/C18H37NO/c1-7-11-19-17-9-8-15(14(2)3)13-16(17)10-12-20-18(4,5)6/h14-17,19H,7-13H2,1-6H3. The summed E-state index contributed by atoms with van der Waals surface area (Å²) in [5.74, 6) is 2.53. The van der Waals surface area contributed by atoms with Crippen LogP contribution in [0.2, 0.25) is 0 Å². The Morgan fingerprint density at radius 3 is 2.45 bits per heavy atom. The topological polar surface area (TPSA) is 21.3 Å². The van der Waals surface area contributed by atoms with Crippen molar-refractivity contribution in [2.24, 2.45) is 17.8 Å². The molecule has 0 aromatic carbocycles. The van der Waals surface area contributed by atoms with E-state index in [1.54, 1.807) is 0 Å². The van der Waals surface area contributed by atoms with Gasteiger partial charge in [0.15, 0.2) is 0 Å². The zero-order valence-corrected chi connectivity index (χ0v) is 14.7. The van der Waals surface area contributed by atoms with E-state index in [1.165, 1.54) is 32.1 Å². The summed E-state index contributed by atoms with van der Waals surface area (Å²) < 4.78 is 5.95. The van der Waals surface area contributed by atoms with E-state index in [9.17, 15) is 0 Å². The first-order valence-electron chi connectivity index (χ1n) is 8.70. The minimum absolute atomic E-state index is 0.00153. The maximum atomic E-state index is 5.95. The summed E-state index contributed by atoms with van der Waals surface area (Å²) in [5, 5.41) is 3.77. The van der Waals surface area contributed by atoms with E-state index >= 15 is 0 Å². The summed E-state index contributed by atoms with van der Waals surface area (Å²) in [5.41, 5.74) is -0.00153. The molecule has 3 atom stereocenters. The first-order chi connectivity index (χ1) is 9.33. The van der Waals surface area contributed by atoms with Crippen molar-refractivity contribution in [3.8, 4) is 0 Å². The van der Waals surface area contributed by atoms with Gasteiger partial charge in [-0.05, 0) is 77.2 Å². The van der Waals surface area contributed by atoms with E-state index in [1.807, 2.05) is 0 Å². The largest absolute Gasteiger partial charge is 0.376 e. The van der Waals surface area contributed by atoms with Crippen LogP contribution in [0.4, 0.5) is 0 Å². The van der Waals surface area contributed by atoms with Crippen LogP contribution in [0.1, 0.15) is 73.6 Å². The second kappa shape index (κ2) is 8.38. The molecule has 1 aliphatic carbocycles. The molecule has 1 N–H and O–H groups in total. The highest BCUT2D eigenvalue weighted by atomic mass is 16.5. The van der Waals surface area contributed by atoms with E-state index in [-0.39, 0.29) is 5.60 Å². The lowest BCUT2D eigenvalue weighted by molar-refractivity contribution is -0.0155. The van der Waals surface area contributed by atoms with Gasteiger partial charge in [-0.3, -0.25) is 0 Å². The van der Waals surface area contributed by atoms with Gasteiger partial charge in [0.2, 0.25) is 0 Å². The predicted molar refractivity (Wildman–Crippen MR) is 88.1 cm³/mol. The monoisotopic (exact) mass is 283 g/mol. The Morgan fingerprint density at radius 2 is 1.90 bits per heavy atom. The molecular weight excluding hydrogens is 246 g/mol. The molecule has 120 valence electrons. The van der Waals surface area contributed by atoms with E-state index < -0.39 is 0 Å². The van der Waals surface area contributed by atoms with Crippen molar-refractivity contribution < 1.29 is 4.74 Å². The molecule has 1 saturated carbocycles. The summed E-state index contributed by atoms with van der Waals surface area (Å²) in [4.78, 5) is 0. The second-order valence-electron chi connectivity index (χ2n) is 7.89. The molecule has 0 spiro atoms. The number of hydrogen-bond acceptors (Lipinski definition) is 2. The third-order valence-electron chi connectivity index (χ3n) is 4.65. The summed E-state index contributed by atoms with van der Waals surface area (Å²) in [7, 11) is 0. The molecule has 2 heteroatoms. The third kappa shape index (κ3) is 6.58. The van der Waals surface area contributed by atoms with Crippen molar-refractivity contribution in [3.63, 3.8) is 0 Å². The zero-order chi connectivity index (χ0) is 15.2. The van der Waals surface area contributed by atoms with Gasteiger partial charge in [0.25, 0.3) is 0 Å². The van der Waals surface area contributed by atoms with Gasteiger partial charge in [0.05, 0.1) is 5.60 Å². The van der Waals surface area contributed by atoms with Crippen molar-refractivity contribution in [3.05, 3.63) is 0 Å². The summed E-state index contributed by atoms with van der Waals surface area (Å²) >= 11 is 0. The third-order valence-corrected chi connectivity index (χ3v) is 4.65. The Kier molecular flexibility index (Phi) is 7.53. The number of nitrogens with one attached hydrogen (secondary N) is 1. The molecular formula is C18H37NO. The Labute approximate surface area is 127 Å². The van der Waals surface area contributed by atoms with Gasteiger partial charge < -0.3 is 10.1 Å². The van der Waals surface area contributed by atoms with Gasteiger partial charge in [-0.15, -0.1) is 0 Å². The summed E-state index contributed by atoms with van der Waals surface area (Å²) in [6.07, 6.45) is 6.57. The van der Waals surface area contributed by atoms with Crippen LogP contribution in [0.3, 0.4) is 0 Å². The first-order valence-corrected chi connectivity index (χ1v) is 8.70. The molecule has 20 heavy (non-hydrogen) atoms. The number of ether oxygens (including phenoxy) is 1. The molecule has 0 amide bonds. The fourth-order valence-corrected chi connectivity index (χ4v) is 3.34. The van der Waals surface area contributed by atoms with Crippen molar-refractivity contribution in [2.45, 2.75) is 85.3 Å². The van der Waals surface area contributed by atoms with Crippen LogP contribution in [0, 0.1) is 17.8 Å². The summed E-state index contributed by atoms with van der Waals surface area (Å²) in [6.45, 7) is 15.5. The van der Waals surface area contributed by atoms with Gasteiger partial charge in [0, 0.05) is 12.6 Å². The van der Waals surface area contributed by atoms with Crippen molar-refractivity contribution in [1.29, 1.82) is 0 Å². The number of rotatable bonds is 7. The van der Waals surface area contributed by atoms with Crippen LogP contribution in [0.5, 0.6) is 0 Å². The lowest BCUT2D eigenvalue weighted by atomic mass is 9.72. The maximum Gasteiger partial charge on any atom is 0.0598 e. The molecule has 0 radical (unpaired) electrons. The average molecular weight is 283 g/mol. The van der Waals surface area contributed by atoms with Gasteiger partial charge in [-0.1, -0.05) is 20.8 Å². The van der Waals surface area contributed by atoms with E-state index in [4.69, 9.17) is 4.74 Å². The maximum absolute atomic E-state index is 5.95. The minimum atomic E-state index is -0.00153. The SMILES string of the molecule is CCCNC1CCC(C(C)C)CC1CCOC(C)(C)C. The van der Waals surface area contributed by atoms with Gasteiger partial charge in [-0.2, -0.15) is 0 Å². The molecule has 2 nitrogen and oxygen atoms in total. The predicted octanol–water partition coefficient (Wildman–Crippen LogP) is 4.63. The van der Waals surface area contributed by atoms with Crippen LogP contribution in [-0.4, -0.2) is 24.8 Å². The molecule has 0 saturated heterocycles. The molecule has 0 bridgehead atoms. The van der Waals surface area contributed by atoms with Crippen LogP contribution in [-0.2, 0) is 4.74 Å². The highest BCUT2D eigenvalue weighted by Crippen LogP contribution is 2.35. The normalized spacial score (nSPS) is 28.1. The highest BCUT2D eigenvalue weighted by Gasteiger charge is 2.31. The Balaban J connectivity index is 2.48. The van der Waals surface area contributed by atoms with Crippen LogP contribution < -0.4 is 5.32 Å². The van der Waals surface area contributed by atoms with Crippen LogP contribution >= 0.6 is 0 Å². The van der Waals surface area contributed by atoms with Gasteiger partial charge in [-0.25, -0.2) is 0 Å². The number of hydrogen-bond donors (Lipinski definition) is 1. The molecule has 0 aromatic rings. The van der Waals surface area contributed by atoms with Crippen LogP contribution in [0.25, 0.3) is 0 Å². The van der Waals surface area contributed by atoms with Gasteiger partial charge in [0.1, 0.15) is 0 Å². The Morgan fingerprint density at radius 1 is 1.20 bits per heavy atom. The lowest BCUT2D eigenvalue weighted by Gasteiger charge is -2.39. The van der Waals surface area contributed by atoms with Crippen molar-refractivity contribution in [1.82, 2.24) is 5.32 Å². The Bertz CT molecular complexity index is 257. The fraction of sp³-hybridized carbons (Fsp3) is 1.00. The molecule has 1 aliphatic rings. The van der Waals surface area contributed by atoms with E-state index in [2.05, 4.69) is 46.9 Å². The highest BCUT2D eigenvalue weighted by molar-refractivity contribution is 4.86. The zero-order valence-electron chi connectivity index (χ0n) is 14.7. The quantitative estimate of drug-likeness (QED) is 0.735. The molecule has 1 rings (SSSR count). The Hall–Kier alpha value is -0.0800.